The van der Waals surface area contributed by atoms with Crippen molar-refractivity contribution in [3.63, 3.8) is 0 Å². The van der Waals surface area contributed by atoms with Crippen molar-refractivity contribution >= 4 is 59.3 Å². The number of benzene rings is 1. The Bertz CT molecular complexity index is 1080. The van der Waals surface area contributed by atoms with Crippen LogP contribution < -0.4 is 5.32 Å². The molecule has 0 unspecified atom stereocenters. The SMILES string of the molecule is COCCCCn1c(C(=O)N(CC(C)C)[C@@H]2CNC[C@H](C(=O)N3CCOCC3)C2)nc2cccc(Cl)c21.Cl.Cl. The Balaban J connectivity index is 0.00000267. The van der Waals surface area contributed by atoms with Gasteiger partial charge in [0.25, 0.3) is 5.91 Å². The number of amides is 2. The fourth-order valence-electron chi connectivity index (χ4n) is 5.35. The summed E-state index contributed by atoms with van der Waals surface area (Å²) in [6.07, 6.45) is 2.36. The van der Waals surface area contributed by atoms with Crippen LogP contribution in [-0.2, 0) is 20.8 Å². The first kappa shape index (κ1) is 33.6. The van der Waals surface area contributed by atoms with E-state index < -0.39 is 0 Å². The van der Waals surface area contributed by atoms with Gasteiger partial charge in [0, 0.05) is 59.0 Å². The van der Waals surface area contributed by atoms with E-state index in [1.165, 1.54) is 0 Å². The molecule has 2 fully saturated rings. The molecule has 12 heteroatoms. The quantitative estimate of drug-likeness (QED) is 0.413. The highest BCUT2D eigenvalue weighted by atomic mass is 35.5. The zero-order chi connectivity index (χ0) is 26.4. The molecule has 2 aliphatic heterocycles. The molecular weight excluding hydrogens is 565 g/mol. The lowest BCUT2D eigenvalue weighted by Gasteiger charge is -2.40. The van der Waals surface area contributed by atoms with E-state index in [0.29, 0.717) is 81.9 Å². The fourth-order valence-corrected chi connectivity index (χ4v) is 5.62. The third-order valence-corrected chi connectivity index (χ3v) is 7.46. The van der Waals surface area contributed by atoms with Crippen molar-refractivity contribution in [1.29, 1.82) is 0 Å². The molecule has 0 radical (unpaired) electrons. The number of piperidine rings is 1. The number of hydrogen-bond donors (Lipinski definition) is 1. The van der Waals surface area contributed by atoms with Gasteiger partial charge in [0.15, 0.2) is 5.82 Å². The summed E-state index contributed by atoms with van der Waals surface area (Å²) in [5.74, 6) is 0.542. The summed E-state index contributed by atoms with van der Waals surface area (Å²) in [7, 11) is 1.69. The second-order valence-electron chi connectivity index (χ2n) is 10.4. The number of rotatable bonds is 10. The van der Waals surface area contributed by atoms with Crippen LogP contribution in [0, 0.1) is 11.8 Å². The Kier molecular flexibility index (Phi) is 13.8. The minimum atomic E-state index is -0.165. The smallest absolute Gasteiger partial charge is 0.290 e. The highest BCUT2D eigenvalue weighted by Gasteiger charge is 2.36. The third kappa shape index (κ3) is 8.21. The molecule has 4 rings (SSSR count). The summed E-state index contributed by atoms with van der Waals surface area (Å²) in [6, 6.07) is 5.50. The lowest BCUT2D eigenvalue weighted by atomic mass is 9.92. The van der Waals surface area contributed by atoms with Crippen molar-refractivity contribution in [2.24, 2.45) is 11.8 Å². The van der Waals surface area contributed by atoms with Crippen LogP contribution in [0.25, 0.3) is 11.0 Å². The molecule has 2 atom stereocenters. The van der Waals surface area contributed by atoms with Crippen molar-refractivity contribution in [3.05, 3.63) is 29.0 Å². The van der Waals surface area contributed by atoms with Crippen molar-refractivity contribution in [1.82, 2.24) is 24.7 Å². The van der Waals surface area contributed by atoms with Crippen LogP contribution in [0.2, 0.25) is 5.02 Å². The van der Waals surface area contributed by atoms with Crippen LogP contribution in [0.3, 0.4) is 0 Å². The van der Waals surface area contributed by atoms with E-state index in [2.05, 4.69) is 19.2 Å². The van der Waals surface area contributed by atoms with Gasteiger partial charge >= 0.3 is 0 Å². The number of carbonyl (C=O) groups is 2. The van der Waals surface area contributed by atoms with E-state index >= 15 is 0 Å². The molecule has 0 saturated carbocycles. The molecule has 39 heavy (non-hydrogen) atoms. The second kappa shape index (κ2) is 16.0. The molecule has 0 spiro atoms. The van der Waals surface area contributed by atoms with Crippen LogP contribution in [0.5, 0.6) is 0 Å². The number of halogens is 3. The number of aromatic nitrogens is 2. The highest BCUT2D eigenvalue weighted by molar-refractivity contribution is 6.35. The molecule has 0 aliphatic carbocycles. The molecule has 2 amide bonds. The molecule has 220 valence electrons. The summed E-state index contributed by atoms with van der Waals surface area (Å²) in [5, 5.41) is 4.01. The monoisotopic (exact) mass is 605 g/mol. The first-order valence-corrected chi connectivity index (χ1v) is 13.8. The van der Waals surface area contributed by atoms with Gasteiger partial charge in [-0.2, -0.15) is 0 Å². The average Bonchev–Trinajstić information content (AvgIpc) is 3.29. The Morgan fingerprint density at radius 2 is 1.95 bits per heavy atom. The van der Waals surface area contributed by atoms with Crippen LogP contribution >= 0.6 is 36.4 Å². The Labute approximate surface area is 248 Å². The molecule has 0 bridgehead atoms. The van der Waals surface area contributed by atoms with Gasteiger partial charge in [-0.15, -0.1) is 24.8 Å². The Hall–Kier alpha value is -1.62. The maximum atomic E-state index is 14.2. The maximum Gasteiger partial charge on any atom is 0.290 e. The fraction of sp³-hybridized carbons (Fsp3) is 0.667. The number of aryl methyl sites for hydroxylation is 1. The molecule has 9 nitrogen and oxygen atoms in total. The summed E-state index contributed by atoms with van der Waals surface area (Å²) >= 11 is 6.59. The summed E-state index contributed by atoms with van der Waals surface area (Å²) in [4.78, 5) is 36.0. The van der Waals surface area contributed by atoms with E-state index in [1.54, 1.807) is 7.11 Å². The number of morpholine rings is 1. The van der Waals surface area contributed by atoms with Crippen LogP contribution in [-0.4, -0.2) is 96.9 Å². The van der Waals surface area contributed by atoms with Gasteiger partial charge in [-0.25, -0.2) is 4.98 Å². The molecule has 1 aromatic heterocycles. The summed E-state index contributed by atoms with van der Waals surface area (Å²) in [5.41, 5.74) is 1.51. The summed E-state index contributed by atoms with van der Waals surface area (Å²) in [6.45, 7) is 9.79. The van der Waals surface area contributed by atoms with Gasteiger partial charge in [-0.1, -0.05) is 31.5 Å². The van der Waals surface area contributed by atoms with E-state index in [0.717, 1.165) is 18.4 Å². The normalized spacial score (nSPS) is 19.5. The van der Waals surface area contributed by atoms with Crippen molar-refractivity contribution in [3.8, 4) is 0 Å². The Morgan fingerprint density at radius 1 is 1.21 bits per heavy atom. The van der Waals surface area contributed by atoms with Gasteiger partial charge in [-0.3, -0.25) is 9.59 Å². The van der Waals surface area contributed by atoms with Crippen molar-refractivity contribution in [2.45, 2.75) is 45.7 Å². The Morgan fingerprint density at radius 3 is 2.64 bits per heavy atom. The minimum absolute atomic E-state index is 0. The number of nitrogens with one attached hydrogen (secondary N) is 1. The molecular formula is C27H42Cl3N5O4. The standard InChI is InChI=1S/C27H40ClN5O4.2ClH/c1-19(2)18-33(21-15-20(16-29-17-21)26(34)31-10-13-37-14-11-31)27(35)25-30-23-8-6-7-22(28)24(23)32(25)9-4-5-12-36-3;;/h6-8,19-21,29H,4-5,9-18H2,1-3H3;2*1H/t20-,21+;;/m1../s1. The van der Waals surface area contributed by atoms with Crippen molar-refractivity contribution < 1.29 is 19.1 Å². The number of hydrogen-bond acceptors (Lipinski definition) is 6. The van der Waals surface area contributed by atoms with Crippen LogP contribution in [0.1, 0.15) is 43.7 Å². The lowest BCUT2D eigenvalue weighted by molar-refractivity contribution is -0.140. The largest absolute Gasteiger partial charge is 0.385 e. The number of para-hydroxylation sites is 1. The summed E-state index contributed by atoms with van der Waals surface area (Å²) < 4.78 is 12.6. The highest BCUT2D eigenvalue weighted by Crippen LogP contribution is 2.28. The van der Waals surface area contributed by atoms with E-state index in [4.69, 9.17) is 26.1 Å². The van der Waals surface area contributed by atoms with Crippen molar-refractivity contribution in [2.75, 3.05) is 59.7 Å². The van der Waals surface area contributed by atoms with Crippen LogP contribution in [0.15, 0.2) is 18.2 Å². The topological polar surface area (TPSA) is 88.9 Å². The van der Waals surface area contributed by atoms with E-state index in [9.17, 15) is 9.59 Å². The lowest BCUT2D eigenvalue weighted by Crippen LogP contribution is -2.56. The second-order valence-corrected chi connectivity index (χ2v) is 10.8. The first-order chi connectivity index (χ1) is 17.9. The zero-order valence-electron chi connectivity index (χ0n) is 23.1. The number of unbranched alkanes of at least 4 members (excludes halogenated alkanes) is 1. The van der Waals surface area contributed by atoms with Crippen LogP contribution in [0.4, 0.5) is 0 Å². The van der Waals surface area contributed by atoms with E-state index in [1.807, 2.05) is 32.6 Å². The van der Waals surface area contributed by atoms with Gasteiger partial charge < -0.3 is 29.2 Å². The molecule has 1 aromatic carbocycles. The predicted molar refractivity (Wildman–Crippen MR) is 158 cm³/mol. The van der Waals surface area contributed by atoms with Gasteiger partial charge in [0.05, 0.1) is 35.2 Å². The third-order valence-electron chi connectivity index (χ3n) is 7.15. The minimum Gasteiger partial charge on any atom is -0.385 e. The average molecular weight is 607 g/mol. The number of fused-ring (bicyclic) bond motifs is 1. The van der Waals surface area contributed by atoms with Gasteiger partial charge in [0.2, 0.25) is 5.91 Å². The molecule has 3 heterocycles. The predicted octanol–water partition coefficient (Wildman–Crippen LogP) is 3.90. The molecule has 2 aromatic rings. The van der Waals surface area contributed by atoms with Gasteiger partial charge in [-0.05, 0) is 37.3 Å². The zero-order valence-corrected chi connectivity index (χ0v) is 25.5. The number of ether oxygens (including phenoxy) is 2. The molecule has 2 aliphatic rings. The number of nitrogens with zero attached hydrogens (tertiary/aromatic N) is 4. The van der Waals surface area contributed by atoms with Gasteiger partial charge in [0.1, 0.15) is 0 Å². The molecule has 2 saturated heterocycles. The number of imidazole rings is 1. The first-order valence-electron chi connectivity index (χ1n) is 13.4. The van der Waals surface area contributed by atoms with E-state index in [-0.39, 0.29) is 54.5 Å². The number of methoxy groups -OCH3 is 1. The number of carbonyl (C=O) groups excluding carboxylic acids is 2. The maximum absolute atomic E-state index is 14.2. The molecule has 1 N–H and O–H groups in total.